The lowest BCUT2D eigenvalue weighted by Gasteiger charge is -2.32. The summed E-state index contributed by atoms with van der Waals surface area (Å²) in [7, 11) is 2.12. The zero-order chi connectivity index (χ0) is 21.9. The van der Waals surface area contributed by atoms with Gasteiger partial charge >= 0.3 is 6.18 Å². The number of rotatable bonds is 6. The molecular weight excluding hydrogens is 395 g/mol. The van der Waals surface area contributed by atoms with Crippen molar-refractivity contribution < 1.29 is 18.0 Å². The Balaban J connectivity index is 1.62. The minimum absolute atomic E-state index is 0.453. The van der Waals surface area contributed by atoms with Crippen molar-refractivity contribution in [3.05, 3.63) is 47.3 Å². The quantitative estimate of drug-likeness (QED) is 0.773. The van der Waals surface area contributed by atoms with Gasteiger partial charge in [0, 0.05) is 44.5 Å². The number of amides is 1. The van der Waals surface area contributed by atoms with Gasteiger partial charge in [0.1, 0.15) is 0 Å². The lowest BCUT2D eigenvalue weighted by atomic mass is 10.1. The van der Waals surface area contributed by atoms with E-state index in [0.29, 0.717) is 5.69 Å². The molecule has 0 spiro atoms. The fourth-order valence-corrected chi connectivity index (χ4v) is 3.51. The monoisotopic (exact) mass is 423 g/mol. The van der Waals surface area contributed by atoms with Gasteiger partial charge in [-0.2, -0.15) is 18.3 Å². The molecule has 9 heteroatoms. The van der Waals surface area contributed by atoms with Gasteiger partial charge in [0.05, 0.1) is 11.8 Å². The zero-order valence-electron chi connectivity index (χ0n) is 17.5. The average molecular weight is 423 g/mol. The summed E-state index contributed by atoms with van der Waals surface area (Å²) in [4.78, 5) is 17.2. The van der Waals surface area contributed by atoms with Crippen LogP contribution in [-0.2, 0) is 12.6 Å². The Kier molecular flexibility index (Phi) is 6.82. The molecule has 0 bridgehead atoms. The highest BCUT2D eigenvalue weighted by Crippen LogP contribution is 2.33. The molecule has 1 amide bonds. The summed E-state index contributed by atoms with van der Waals surface area (Å²) in [5.74, 6) is -0.820. The van der Waals surface area contributed by atoms with Crippen molar-refractivity contribution in [2.45, 2.75) is 32.5 Å². The van der Waals surface area contributed by atoms with Crippen LogP contribution in [0, 0.1) is 0 Å². The van der Waals surface area contributed by atoms with Crippen LogP contribution in [0.2, 0.25) is 0 Å². The van der Waals surface area contributed by atoms with Crippen molar-refractivity contribution in [3.8, 4) is 0 Å². The van der Waals surface area contributed by atoms with Gasteiger partial charge in [-0.15, -0.1) is 0 Å². The first kappa shape index (κ1) is 22.3. The third-order valence-electron chi connectivity index (χ3n) is 5.32. The second-order valence-electron chi connectivity index (χ2n) is 7.99. The van der Waals surface area contributed by atoms with Crippen molar-refractivity contribution in [3.63, 3.8) is 0 Å². The van der Waals surface area contributed by atoms with Crippen LogP contribution in [0.3, 0.4) is 0 Å². The van der Waals surface area contributed by atoms with Gasteiger partial charge in [-0.25, -0.2) is 0 Å². The summed E-state index contributed by atoms with van der Waals surface area (Å²) in [5, 5.41) is 6.31. The van der Waals surface area contributed by atoms with Crippen LogP contribution in [0.5, 0.6) is 0 Å². The Morgan fingerprint density at radius 2 is 1.77 bits per heavy atom. The largest absolute Gasteiger partial charge is 0.433 e. The Hall–Kier alpha value is -2.39. The number of nitrogens with one attached hydrogen (secondary N) is 1. The van der Waals surface area contributed by atoms with Crippen LogP contribution >= 0.6 is 0 Å². The molecule has 1 aromatic heterocycles. The zero-order valence-corrected chi connectivity index (χ0v) is 17.5. The van der Waals surface area contributed by atoms with Gasteiger partial charge in [-0.1, -0.05) is 12.1 Å². The topological polar surface area (TPSA) is 53.4 Å². The lowest BCUT2D eigenvalue weighted by Crippen LogP contribution is -2.45. The molecule has 0 saturated carbocycles. The van der Waals surface area contributed by atoms with E-state index < -0.39 is 29.4 Å². The molecule has 0 atom stereocenters. The number of carbonyl (C=O) groups is 1. The van der Waals surface area contributed by atoms with Gasteiger partial charge < -0.3 is 15.1 Å². The number of halogens is 3. The van der Waals surface area contributed by atoms with Crippen LogP contribution in [0.15, 0.2) is 30.5 Å². The van der Waals surface area contributed by atoms with E-state index in [2.05, 4.69) is 27.3 Å². The number of piperazine rings is 1. The molecule has 0 aliphatic carbocycles. The number of likely N-dealkylation sites (N-methyl/N-ethyl adjacent to an activating group) is 1. The number of hydrogen-bond acceptors (Lipinski definition) is 4. The summed E-state index contributed by atoms with van der Waals surface area (Å²) in [6, 6.07) is 6.72. The van der Waals surface area contributed by atoms with E-state index in [4.69, 9.17) is 0 Å². The number of carbonyl (C=O) groups excluding carboxylic acids is 1. The number of hydrogen-bond donors (Lipinski definition) is 1. The van der Waals surface area contributed by atoms with Crippen molar-refractivity contribution in [1.82, 2.24) is 19.6 Å². The molecule has 0 unspecified atom stereocenters. The maximum atomic E-state index is 13.5. The molecule has 6 nitrogen and oxygen atoms in total. The molecule has 1 N–H and O–H groups in total. The molecule has 3 rings (SSSR count). The first-order valence-corrected chi connectivity index (χ1v) is 10.1. The molecule has 1 saturated heterocycles. The minimum Gasteiger partial charge on any atom is -0.322 e. The molecule has 1 aliphatic rings. The lowest BCUT2D eigenvalue weighted by molar-refractivity contribution is -0.145. The van der Waals surface area contributed by atoms with Crippen LogP contribution in [0.4, 0.5) is 18.9 Å². The van der Waals surface area contributed by atoms with Crippen LogP contribution in [0.1, 0.15) is 41.5 Å². The predicted octanol–water partition coefficient (Wildman–Crippen LogP) is 3.53. The van der Waals surface area contributed by atoms with E-state index in [1.165, 1.54) is 0 Å². The smallest absolute Gasteiger partial charge is 0.322 e. The highest BCUT2D eigenvalue weighted by molar-refractivity contribution is 6.05. The van der Waals surface area contributed by atoms with E-state index in [9.17, 15) is 18.0 Å². The highest BCUT2D eigenvalue weighted by Gasteiger charge is 2.40. The van der Waals surface area contributed by atoms with E-state index >= 15 is 0 Å². The Morgan fingerprint density at radius 3 is 2.33 bits per heavy atom. The highest BCUT2D eigenvalue weighted by atomic mass is 19.4. The van der Waals surface area contributed by atoms with Crippen molar-refractivity contribution in [2.24, 2.45) is 0 Å². The molecule has 164 valence electrons. The normalized spacial score (nSPS) is 16.2. The molecule has 0 radical (unpaired) electrons. The average Bonchev–Trinajstić information content (AvgIpc) is 3.15. The van der Waals surface area contributed by atoms with Crippen molar-refractivity contribution in [2.75, 3.05) is 45.1 Å². The first-order chi connectivity index (χ1) is 14.1. The summed E-state index contributed by atoms with van der Waals surface area (Å²) in [6.45, 7) is 8.38. The van der Waals surface area contributed by atoms with Crippen LogP contribution in [0.25, 0.3) is 0 Å². The van der Waals surface area contributed by atoms with Gasteiger partial charge in [-0.3, -0.25) is 9.48 Å². The van der Waals surface area contributed by atoms with Crippen molar-refractivity contribution in [1.29, 1.82) is 0 Å². The van der Waals surface area contributed by atoms with Crippen LogP contribution in [-0.4, -0.2) is 65.3 Å². The summed E-state index contributed by atoms with van der Waals surface area (Å²) >= 11 is 0. The fourth-order valence-electron chi connectivity index (χ4n) is 3.51. The SMILES string of the molecule is CC(C)n1ncc(C(=O)Nc2ccc(CCN3CCN(C)CC3)cc2)c1C(F)(F)F. The second-order valence-corrected chi connectivity index (χ2v) is 7.99. The third-order valence-corrected chi connectivity index (χ3v) is 5.32. The maximum absolute atomic E-state index is 13.5. The molecular formula is C21H28F3N5O. The molecule has 2 heterocycles. The number of anilines is 1. The summed E-state index contributed by atoms with van der Waals surface area (Å²) in [5.41, 5.74) is 0.0680. The molecule has 1 aromatic carbocycles. The van der Waals surface area contributed by atoms with E-state index in [-0.39, 0.29) is 0 Å². The van der Waals surface area contributed by atoms with Crippen LogP contribution < -0.4 is 5.32 Å². The Labute approximate surface area is 174 Å². The van der Waals surface area contributed by atoms with E-state index in [1.807, 2.05) is 12.1 Å². The molecule has 30 heavy (non-hydrogen) atoms. The number of nitrogens with zero attached hydrogens (tertiary/aromatic N) is 4. The van der Waals surface area contributed by atoms with Gasteiger partial charge in [0.2, 0.25) is 0 Å². The van der Waals surface area contributed by atoms with Gasteiger partial charge in [0.15, 0.2) is 5.69 Å². The minimum atomic E-state index is -4.67. The Morgan fingerprint density at radius 1 is 1.13 bits per heavy atom. The van der Waals surface area contributed by atoms with E-state index in [1.54, 1.807) is 26.0 Å². The molecule has 2 aromatic rings. The fraction of sp³-hybridized carbons (Fsp3) is 0.524. The van der Waals surface area contributed by atoms with Crippen molar-refractivity contribution >= 4 is 11.6 Å². The number of benzene rings is 1. The second kappa shape index (κ2) is 9.18. The summed E-state index contributed by atoms with van der Waals surface area (Å²) < 4.78 is 41.2. The Bertz CT molecular complexity index is 853. The van der Waals surface area contributed by atoms with Gasteiger partial charge in [0.25, 0.3) is 5.91 Å². The number of alkyl halides is 3. The van der Waals surface area contributed by atoms with Gasteiger partial charge in [-0.05, 0) is 45.0 Å². The third kappa shape index (κ3) is 5.40. The standard InChI is InChI=1S/C21H28F3N5O/c1-15(2)29-19(21(22,23)24)18(14-25-29)20(30)26-17-6-4-16(5-7-17)8-9-28-12-10-27(3)11-13-28/h4-7,14-15H,8-13H2,1-3H3,(H,26,30). The first-order valence-electron chi connectivity index (χ1n) is 10.1. The maximum Gasteiger partial charge on any atom is 0.433 e. The predicted molar refractivity (Wildman–Crippen MR) is 110 cm³/mol. The number of aromatic nitrogens is 2. The molecule has 1 fully saturated rings. The summed E-state index contributed by atoms with van der Waals surface area (Å²) in [6.07, 6.45) is -2.81. The molecule has 1 aliphatic heterocycles. The van der Waals surface area contributed by atoms with E-state index in [0.717, 1.165) is 55.6 Å².